The van der Waals surface area contributed by atoms with Crippen LogP contribution in [0.2, 0.25) is 0 Å². The monoisotopic (exact) mass is 346 g/mol. The molecule has 0 aliphatic carbocycles. The lowest BCUT2D eigenvalue weighted by Crippen LogP contribution is -2.40. The molecule has 0 spiro atoms. The predicted molar refractivity (Wildman–Crippen MR) is 84.5 cm³/mol. The van der Waals surface area contributed by atoms with E-state index in [4.69, 9.17) is 0 Å². The summed E-state index contributed by atoms with van der Waals surface area (Å²) in [6.07, 6.45) is 1.96. The van der Waals surface area contributed by atoms with Gasteiger partial charge in [-0.3, -0.25) is 4.79 Å². The SMILES string of the molecule is C=CCCC(=O)Nc1cc(S(=O)(=O)NC(C)(C)C)c(F)cc1F. The largest absolute Gasteiger partial charge is 0.324 e. The van der Waals surface area contributed by atoms with Gasteiger partial charge in [0.15, 0.2) is 0 Å². The normalized spacial score (nSPS) is 12.0. The van der Waals surface area contributed by atoms with Gasteiger partial charge in [-0.25, -0.2) is 21.9 Å². The number of anilines is 1. The maximum absolute atomic E-state index is 13.9. The second-order valence-corrected chi connectivity index (χ2v) is 7.64. The number of amides is 1. The molecule has 0 fully saturated rings. The van der Waals surface area contributed by atoms with Crippen LogP contribution in [0.4, 0.5) is 14.5 Å². The number of hydrogen-bond acceptors (Lipinski definition) is 3. The molecule has 0 atom stereocenters. The first kappa shape index (κ1) is 19.2. The van der Waals surface area contributed by atoms with Gasteiger partial charge in [-0.05, 0) is 33.3 Å². The van der Waals surface area contributed by atoms with E-state index in [0.717, 1.165) is 6.07 Å². The lowest BCUT2D eigenvalue weighted by atomic mass is 10.1. The van der Waals surface area contributed by atoms with Crippen molar-refractivity contribution in [2.24, 2.45) is 0 Å². The topological polar surface area (TPSA) is 75.3 Å². The number of hydrogen-bond donors (Lipinski definition) is 2. The van der Waals surface area contributed by atoms with Crippen molar-refractivity contribution >= 4 is 21.6 Å². The van der Waals surface area contributed by atoms with E-state index in [9.17, 15) is 22.0 Å². The van der Waals surface area contributed by atoms with Crippen molar-refractivity contribution in [2.75, 3.05) is 5.32 Å². The van der Waals surface area contributed by atoms with Gasteiger partial charge in [0.1, 0.15) is 16.5 Å². The standard InChI is InChI=1S/C15H20F2N2O3S/c1-5-6-7-14(20)18-12-9-13(11(17)8-10(12)16)23(21,22)19-15(2,3)4/h5,8-9,19H,1,6-7H2,2-4H3,(H,18,20). The first-order valence-corrected chi connectivity index (χ1v) is 8.38. The maximum Gasteiger partial charge on any atom is 0.244 e. The van der Waals surface area contributed by atoms with E-state index < -0.39 is 43.7 Å². The quantitative estimate of drug-likeness (QED) is 0.778. The van der Waals surface area contributed by atoms with E-state index in [2.05, 4.69) is 16.6 Å². The average Bonchev–Trinajstić information content (AvgIpc) is 2.36. The highest BCUT2D eigenvalue weighted by atomic mass is 32.2. The predicted octanol–water partition coefficient (Wildman–Crippen LogP) is 2.95. The van der Waals surface area contributed by atoms with Gasteiger partial charge in [-0.2, -0.15) is 0 Å². The molecule has 0 bridgehead atoms. The molecule has 2 N–H and O–H groups in total. The second kappa shape index (κ2) is 7.18. The Morgan fingerprint density at radius 3 is 2.39 bits per heavy atom. The van der Waals surface area contributed by atoms with Crippen molar-refractivity contribution in [3.8, 4) is 0 Å². The summed E-state index contributed by atoms with van der Waals surface area (Å²) in [5, 5.41) is 2.23. The molecule has 5 nitrogen and oxygen atoms in total. The molecule has 128 valence electrons. The van der Waals surface area contributed by atoms with Gasteiger partial charge in [-0.1, -0.05) is 6.08 Å². The summed E-state index contributed by atoms with van der Waals surface area (Å²) in [5.41, 5.74) is -1.23. The molecule has 1 aromatic rings. The van der Waals surface area contributed by atoms with Gasteiger partial charge in [0.2, 0.25) is 15.9 Å². The van der Waals surface area contributed by atoms with Crippen molar-refractivity contribution < 1.29 is 22.0 Å². The van der Waals surface area contributed by atoms with E-state index in [1.54, 1.807) is 20.8 Å². The molecule has 0 aliphatic rings. The fourth-order valence-electron chi connectivity index (χ4n) is 1.73. The highest BCUT2D eigenvalue weighted by molar-refractivity contribution is 7.89. The summed E-state index contributed by atoms with van der Waals surface area (Å²) >= 11 is 0. The van der Waals surface area contributed by atoms with Crippen molar-refractivity contribution in [1.82, 2.24) is 4.72 Å². The van der Waals surface area contributed by atoms with Crippen LogP contribution in [-0.4, -0.2) is 19.9 Å². The smallest absolute Gasteiger partial charge is 0.244 e. The molecule has 0 aromatic heterocycles. The Kier molecular flexibility index (Phi) is 6.01. The number of sulfonamides is 1. The number of carbonyl (C=O) groups excluding carboxylic acids is 1. The molecular weight excluding hydrogens is 326 g/mol. The molecule has 23 heavy (non-hydrogen) atoms. The number of halogens is 2. The van der Waals surface area contributed by atoms with Crippen LogP contribution in [-0.2, 0) is 14.8 Å². The Balaban J connectivity index is 3.18. The van der Waals surface area contributed by atoms with Crippen molar-refractivity contribution in [3.05, 3.63) is 36.4 Å². The molecule has 0 saturated carbocycles. The number of rotatable bonds is 6. The molecular formula is C15H20F2N2O3S. The minimum atomic E-state index is -4.20. The molecule has 0 aliphatic heterocycles. The van der Waals surface area contributed by atoms with Crippen LogP contribution in [0, 0.1) is 11.6 Å². The van der Waals surface area contributed by atoms with Gasteiger partial charge >= 0.3 is 0 Å². The molecule has 1 rings (SSSR count). The Hall–Kier alpha value is -1.80. The Labute approximate surface area is 134 Å². The molecule has 0 heterocycles. The van der Waals surface area contributed by atoms with Gasteiger partial charge < -0.3 is 5.32 Å². The van der Waals surface area contributed by atoms with Crippen LogP contribution in [0.3, 0.4) is 0 Å². The number of allylic oxidation sites excluding steroid dienone is 1. The minimum Gasteiger partial charge on any atom is -0.324 e. The third-order valence-electron chi connectivity index (χ3n) is 2.60. The van der Waals surface area contributed by atoms with Gasteiger partial charge in [0.25, 0.3) is 0 Å². The summed E-state index contributed by atoms with van der Waals surface area (Å²) in [5.74, 6) is -2.81. The summed E-state index contributed by atoms with van der Waals surface area (Å²) in [6.45, 7) is 8.22. The van der Waals surface area contributed by atoms with E-state index in [-0.39, 0.29) is 6.42 Å². The minimum absolute atomic E-state index is 0.0582. The zero-order valence-electron chi connectivity index (χ0n) is 13.2. The number of benzene rings is 1. The number of nitrogens with one attached hydrogen (secondary N) is 2. The van der Waals surface area contributed by atoms with Crippen LogP contribution in [0.1, 0.15) is 33.6 Å². The summed E-state index contributed by atoms with van der Waals surface area (Å²) in [7, 11) is -4.20. The van der Waals surface area contributed by atoms with Gasteiger partial charge in [-0.15, -0.1) is 6.58 Å². The zero-order chi connectivity index (χ0) is 17.8. The lowest BCUT2D eigenvalue weighted by molar-refractivity contribution is -0.116. The third kappa shape index (κ3) is 5.72. The first-order valence-electron chi connectivity index (χ1n) is 6.90. The van der Waals surface area contributed by atoms with Crippen LogP contribution in [0.5, 0.6) is 0 Å². The van der Waals surface area contributed by atoms with Crippen molar-refractivity contribution in [1.29, 1.82) is 0 Å². The van der Waals surface area contributed by atoms with Crippen LogP contribution in [0.25, 0.3) is 0 Å². The van der Waals surface area contributed by atoms with Crippen molar-refractivity contribution in [3.63, 3.8) is 0 Å². The van der Waals surface area contributed by atoms with E-state index >= 15 is 0 Å². The Morgan fingerprint density at radius 2 is 1.87 bits per heavy atom. The first-order chi connectivity index (χ1) is 10.5. The Morgan fingerprint density at radius 1 is 1.26 bits per heavy atom. The molecule has 0 unspecified atom stereocenters. The van der Waals surface area contributed by atoms with E-state index in [1.165, 1.54) is 6.08 Å². The summed E-state index contributed by atoms with van der Waals surface area (Å²) < 4.78 is 54.3. The molecule has 0 saturated heterocycles. The van der Waals surface area contributed by atoms with E-state index in [0.29, 0.717) is 12.5 Å². The molecule has 1 amide bonds. The molecule has 0 radical (unpaired) electrons. The molecule has 1 aromatic carbocycles. The van der Waals surface area contributed by atoms with Crippen molar-refractivity contribution in [2.45, 2.75) is 44.0 Å². The zero-order valence-corrected chi connectivity index (χ0v) is 14.1. The van der Waals surface area contributed by atoms with E-state index in [1.807, 2.05) is 0 Å². The molecule has 8 heteroatoms. The highest BCUT2D eigenvalue weighted by Crippen LogP contribution is 2.24. The van der Waals surface area contributed by atoms with Crippen LogP contribution in [0.15, 0.2) is 29.7 Å². The van der Waals surface area contributed by atoms with Crippen LogP contribution >= 0.6 is 0 Å². The Bertz CT molecular complexity index is 710. The highest BCUT2D eigenvalue weighted by Gasteiger charge is 2.26. The second-order valence-electron chi connectivity index (χ2n) is 5.99. The number of carbonyl (C=O) groups is 1. The van der Waals surface area contributed by atoms with Gasteiger partial charge in [0, 0.05) is 18.0 Å². The lowest BCUT2D eigenvalue weighted by Gasteiger charge is -2.21. The average molecular weight is 346 g/mol. The summed E-state index contributed by atoms with van der Waals surface area (Å²) in [6, 6.07) is 1.20. The van der Waals surface area contributed by atoms with Crippen LogP contribution < -0.4 is 10.0 Å². The fraction of sp³-hybridized carbons (Fsp3) is 0.400. The fourth-order valence-corrected chi connectivity index (χ4v) is 3.24. The maximum atomic E-state index is 13.9. The summed E-state index contributed by atoms with van der Waals surface area (Å²) in [4.78, 5) is 10.9. The van der Waals surface area contributed by atoms with Gasteiger partial charge in [0.05, 0.1) is 5.69 Å². The third-order valence-corrected chi connectivity index (χ3v) is 4.37.